The maximum Gasteiger partial charge on any atom is 0.0471 e. The summed E-state index contributed by atoms with van der Waals surface area (Å²) >= 11 is 1.90. The van der Waals surface area contributed by atoms with Crippen LogP contribution in [0.25, 0.3) is 0 Å². The van der Waals surface area contributed by atoms with Crippen molar-refractivity contribution in [3.8, 4) is 0 Å². The van der Waals surface area contributed by atoms with Gasteiger partial charge in [-0.15, -0.1) is 11.3 Å². The molecular weight excluding hydrogens is 242 g/mol. The van der Waals surface area contributed by atoms with Gasteiger partial charge in [-0.05, 0) is 55.4 Å². The molecule has 1 aliphatic heterocycles. The third kappa shape index (κ3) is 3.34. The second-order valence-electron chi connectivity index (χ2n) is 5.85. The average Bonchev–Trinajstić information content (AvgIpc) is 3.10. The lowest BCUT2D eigenvalue weighted by atomic mass is 9.76. The van der Waals surface area contributed by atoms with E-state index in [-0.39, 0.29) is 0 Å². The van der Waals surface area contributed by atoms with Crippen LogP contribution in [0.4, 0.5) is 0 Å². The van der Waals surface area contributed by atoms with E-state index in [0.717, 1.165) is 19.3 Å². The lowest BCUT2D eigenvalue weighted by Gasteiger charge is -2.37. The highest BCUT2D eigenvalue weighted by atomic mass is 32.1. The van der Waals surface area contributed by atoms with Gasteiger partial charge >= 0.3 is 0 Å². The third-order valence-electron chi connectivity index (χ3n) is 4.38. The number of ether oxygens (including phenoxy) is 1. The van der Waals surface area contributed by atoms with Gasteiger partial charge in [0.1, 0.15) is 0 Å². The monoisotopic (exact) mass is 265 g/mol. The predicted octanol–water partition coefficient (Wildman–Crippen LogP) is 3.23. The molecule has 1 saturated carbocycles. The normalized spacial score (nSPS) is 23.1. The van der Waals surface area contributed by atoms with Crippen LogP contribution in [0.15, 0.2) is 17.5 Å². The Labute approximate surface area is 114 Å². The molecule has 2 heterocycles. The second-order valence-corrected chi connectivity index (χ2v) is 6.88. The van der Waals surface area contributed by atoms with Crippen molar-refractivity contribution in [2.45, 2.75) is 44.6 Å². The zero-order valence-corrected chi connectivity index (χ0v) is 11.8. The van der Waals surface area contributed by atoms with Crippen molar-refractivity contribution in [1.82, 2.24) is 5.32 Å². The fraction of sp³-hybridized carbons (Fsp3) is 0.733. The molecule has 3 rings (SSSR count). The molecule has 0 aromatic carbocycles. The fourth-order valence-corrected chi connectivity index (χ4v) is 3.52. The first kappa shape index (κ1) is 12.6. The number of nitrogens with one attached hydrogen (secondary N) is 1. The molecule has 0 radical (unpaired) electrons. The van der Waals surface area contributed by atoms with Crippen LogP contribution < -0.4 is 5.32 Å². The molecule has 2 fully saturated rings. The molecule has 100 valence electrons. The molecule has 1 N–H and O–H groups in total. The summed E-state index contributed by atoms with van der Waals surface area (Å²) in [6.07, 6.45) is 7.80. The Kier molecular flexibility index (Phi) is 4.02. The average molecular weight is 265 g/mol. The second kappa shape index (κ2) is 5.72. The maximum atomic E-state index is 5.56. The summed E-state index contributed by atoms with van der Waals surface area (Å²) in [6.45, 7) is 3.11. The third-order valence-corrected chi connectivity index (χ3v) is 5.31. The van der Waals surface area contributed by atoms with Gasteiger partial charge in [-0.1, -0.05) is 6.07 Å². The van der Waals surface area contributed by atoms with E-state index in [9.17, 15) is 0 Å². The lowest BCUT2D eigenvalue weighted by Crippen LogP contribution is -2.40. The van der Waals surface area contributed by atoms with E-state index in [1.807, 2.05) is 11.3 Å². The predicted molar refractivity (Wildman–Crippen MR) is 76.2 cm³/mol. The van der Waals surface area contributed by atoms with Crippen molar-refractivity contribution in [1.29, 1.82) is 0 Å². The molecular formula is C15H23NOS. The van der Waals surface area contributed by atoms with Crippen molar-refractivity contribution >= 4 is 11.3 Å². The highest BCUT2D eigenvalue weighted by Crippen LogP contribution is 2.36. The van der Waals surface area contributed by atoms with Gasteiger partial charge < -0.3 is 10.1 Å². The van der Waals surface area contributed by atoms with Crippen LogP contribution in [0.3, 0.4) is 0 Å². The minimum absolute atomic E-state index is 0.491. The van der Waals surface area contributed by atoms with Crippen molar-refractivity contribution in [3.05, 3.63) is 22.4 Å². The van der Waals surface area contributed by atoms with Gasteiger partial charge in [-0.2, -0.15) is 0 Å². The van der Waals surface area contributed by atoms with E-state index >= 15 is 0 Å². The van der Waals surface area contributed by atoms with Gasteiger partial charge in [0.05, 0.1) is 0 Å². The van der Waals surface area contributed by atoms with Crippen LogP contribution >= 0.6 is 11.3 Å². The molecule has 1 saturated heterocycles. The molecule has 18 heavy (non-hydrogen) atoms. The highest BCUT2D eigenvalue weighted by molar-refractivity contribution is 7.09. The molecule has 1 aliphatic carbocycles. The quantitative estimate of drug-likeness (QED) is 0.852. The van der Waals surface area contributed by atoms with Crippen LogP contribution in [-0.2, 0) is 11.2 Å². The molecule has 0 amide bonds. The Bertz CT molecular complexity index is 353. The minimum Gasteiger partial charge on any atom is -0.381 e. The van der Waals surface area contributed by atoms with Crippen LogP contribution in [0.5, 0.6) is 0 Å². The summed E-state index contributed by atoms with van der Waals surface area (Å²) in [7, 11) is 0. The number of hydrogen-bond acceptors (Lipinski definition) is 3. The van der Waals surface area contributed by atoms with E-state index in [1.54, 1.807) is 0 Å². The summed E-state index contributed by atoms with van der Waals surface area (Å²) in [4.78, 5) is 1.53. The zero-order valence-electron chi connectivity index (χ0n) is 11.0. The van der Waals surface area contributed by atoms with Gasteiger partial charge in [0.15, 0.2) is 0 Å². The molecule has 0 unspecified atom stereocenters. The van der Waals surface area contributed by atoms with Crippen molar-refractivity contribution in [2.24, 2.45) is 5.41 Å². The van der Waals surface area contributed by atoms with Crippen LogP contribution in [0.1, 0.15) is 37.0 Å². The number of rotatable bonds is 6. The van der Waals surface area contributed by atoms with Gasteiger partial charge in [-0.3, -0.25) is 0 Å². The van der Waals surface area contributed by atoms with E-state index in [4.69, 9.17) is 4.74 Å². The number of aryl methyl sites for hydroxylation is 1. The number of thiophene rings is 1. The molecule has 3 heteroatoms. The number of hydrogen-bond donors (Lipinski definition) is 1. The van der Waals surface area contributed by atoms with Gasteiger partial charge in [0.25, 0.3) is 0 Å². The summed E-state index contributed by atoms with van der Waals surface area (Å²) in [6, 6.07) is 5.26. The van der Waals surface area contributed by atoms with Crippen LogP contribution in [-0.4, -0.2) is 25.8 Å². The highest BCUT2D eigenvalue weighted by Gasteiger charge is 2.34. The van der Waals surface area contributed by atoms with E-state index < -0.39 is 0 Å². The molecule has 0 atom stereocenters. The first-order valence-corrected chi connectivity index (χ1v) is 8.08. The standard InChI is InChI=1S/C15H23NOS/c1-2-14(18-11-1)5-6-15(7-9-17-10-8-15)12-16-13-3-4-13/h1-2,11,13,16H,3-10,12H2. The lowest BCUT2D eigenvalue weighted by molar-refractivity contribution is 0.0105. The smallest absolute Gasteiger partial charge is 0.0471 e. The van der Waals surface area contributed by atoms with Crippen molar-refractivity contribution in [2.75, 3.05) is 19.8 Å². The first-order valence-electron chi connectivity index (χ1n) is 7.20. The molecule has 2 nitrogen and oxygen atoms in total. The molecule has 2 aliphatic rings. The van der Waals surface area contributed by atoms with Crippen LogP contribution in [0, 0.1) is 5.41 Å². The van der Waals surface area contributed by atoms with Gasteiger partial charge in [0.2, 0.25) is 0 Å². The van der Waals surface area contributed by atoms with Crippen LogP contribution in [0.2, 0.25) is 0 Å². The molecule has 1 aromatic heterocycles. The summed E-state index contributed by atoms with van der Waals surface area (Å²) in [5.74, 6) is 0. The summed E-state index contributed by atoms with van der Waals surface area (Å²) in [5.41, 5.74) is 0.491. The van der Waals surface area contributed by atoms with Gasteiger partial charge in [-0.25, -0.2) is 0 Å². The Morgan fingerprint density at radius 3 is 2.83 bits per heavy atom. The Balaban J connectivity index is 1.56. The first-order chi connectivity index (χ1) is 8.86. The van der Waals surface area contributed by atoms with Gasteiger partial charge in [0, 0.05) is 30.7 Å². The Hall–Kier alpha value is -0.380. The minimum atomic E-state index is 0.491. The summed E-state index contributed by atoms with van der Waals surface area (Å²) in [5, 5.41) is 5.93. The Morgan fingerprint density at radius 2 is 2.17 bits per heavy atom. The van der Waals surface area contributed by atoms with Crippen molar-refractivity contribution < 1.29 is 4.74 Å². The largest absolute Gasteiger partial charge is 0.381 e. The molecule has 1 aromatic rings. The maximum absolute atomic E-state index is 5.56. The molecule has 0 spiro atoms. The topological polar surface area (TPSA) is 21.3 Å². The molecule has 0 bridgehead atoms. The zero-order chi connectivity index (χ0) is 12.3. The van der Waals surface area contributed by atoms with E-state index in [0.29, 0.717) is 5.41 Å². The van der Waals surface area contributed by atoms with Crippen molar-refractivity contribution in [3.63, 3.8) is 0 Å². The SMILES string of the molecule is c1csc(CCC2(CNC3CC3)CCOCC2)c1. The van der Waals surface area contributed by atoms with E-state index in [2.05, 4.69) is 22.8 Å². The summed E-state index contributed by atoms with van der Waals surface area (Å²) < 4.78 is 5.56. The van der Waals surface area contributed by atoms with E-state index in [1.165, 1.54) is 49.9 Å². The fourth-order valence-electron chi connectivity index (χ4n) is 2.81. The Morgan fingerprint density at radius 1 is 1.33 bits per heavy atom.